The third kappa shape index (κ3) is 4.60. The molecular formula is C24H29N5O. The van der Waals surface area contributed by atoms with Crippen LogP contribution in [-0.4, -0.2) is 46.1 Å². The summed E-state index contributed by atoms with van der Waals surface area (Å²) in [7, 11) is 1.74. The molecule has 0 unspecified atom stereocenters. The molecule has 1 N–H and O–H groups in total. The molecule has 1 fully saturated rings. The molecule has 0 aliphatic carbocycles. The number of rotatable bonds is 6. The Morgan fingerprint density at radius 3 is 2.53 bits per heavy atom. The maximum Gasteiger partial charge on any atom is 0.180 e. The molecule has 4 rings (SSSR count). The molecule has 156 valence electrons. The summed E-state index contributed by atoms with van der Waals surface area (Å²) in [5, 5.41) is 3.68. The fraction of sp³-hybridized carbons (Fsp3) is 0.375. The minimum absolute atomic E-state index is 0.406. The van der Waals surface area contributed by atoms with Crippen molar-refractivity contribution in [2.45, 2.75) is 39.3 Å². The van der Waals surface area contributed by atoms with Crippen LogP contribution < -0.4 is 10.1 Å². The molecule has 0 radical (unpaired) electrons. The van der Waals surface area contributed by atoms with Crippen molar-refractivity contribution in [1.82, 2.24) is 19.9 Å². The molecular weight excluding hydrogens is 374 g/mol. The Kier molecular flexibility index (Phi) is 6.23. The smallest absolute Gasteiger partial charge is 0.180 e. The van der Waals surface area contributed by atoms with Gasteiger partial charge in [0.1, 0.15) is 17.3 Å². The molecule has 1 aliphatic rings. The topological polar surface area (TPSA) is 63.2 Å². The maximum atomic E-state index is 5.50. The summed E-state index contributed by atoms with van der Waals surface area (Å²) in [6, 6.07) is 14.5. The molecule has 0 bridgehead atoms. The van der Waals surface area contributed by atoms with Crippen LogP contribution in [0, 0.1) is 13.8 Å². The van der Waals surface area contributed by atoms with Crippen LogP contribution in [0.3, 0.4) is 0 Å². The number of ether oxygens (including phenoxy) is 1. The highest BCUT2D eigenvalue weighted by Gasteiger charge is 2.21. The second-order valence-corrected chi connectivity index (χ2v) is 7.83. The zero-order valence-electron chi connectivity index (χ0n) is 17.9. The lowest BCUT2D eigenvalue weighted by Gasteiger charge is -2.33. The van der Waals surface area contributed by atoms with Gasteiger partial charge >= 0.3 is 0 Å². The van der Waals surface area contributed by atoms with Crippen LogP contribution in [0.15, 0.2) is 48.7 Å². The van der Waals surface area contributed by atoms with E-state index in [9.17, 15) is 0 Å². The maximum absolute atomic E-state index is 5.50. The molecule has 6 heteroatoms. The van der Waals surface area contributed by atoms with E-state index in [0.29, 0.717) is 11.9 Å². The molecule has 0 saturated carbocycles. The number of aromatic nitrogens is 3. The number of hydrogen-bond acceptors (Lipinski definition) is 6. The number of aryl methyl sites for hydroxylation is 1. The van der Waals surface area contributed by atoms with Crippen molar-refractivity contribution < 1.29 is 4.74 Å². The van der Waals surface area contributed by atoms with Crippen LogP contribution >= 0.6 is 0 Å². The van der Waals surface area contributed by atoms with Crippen LogP contribution in [0.4, 0.5) is 5.82 Å². The fourth-order valence-electron chi connectivity index (χ4n) is 3.88. The number of hydrogen-bond donors (Lipinski definition) is 1. The largest absolute Gasteiger partial charge is 0.496 e. The third-order valence-corrected chi connectivity index (χ3v) is 5.80. The Labute approximate surface area is 178 Å². The molecule has 1 aromatic carbocycles. The lowest BCUT2D eigenvalue weighted by Crippen LogP contribution is -2.39. The van der Waals surface area contributed by atoms with E-state index < -0.39 is 0 Å². The van der Waals surface area contributed by atoms with Crippen LogP contribution in [-0.2, 0) is 6.54 Å². The number of para-hydroxylation sites is 1. The summed E-state index contributed by atoms with van der Waals surface area (Å²) in [6.45, 7) is 7.13. The molecule has 3 aromatic rings. The summed E-state index contributed by atoms with van der Waals surface area (Å²) in [5.74, 6) is 2.56. The molecule has 0 amide bonds. The average molecular weight is 404 g/mol. The average Bonchev–Trinajstić information content (AvgIpc) is 2.79. The van der Waals surface area contributed by atoms with Crippen LogP contribution in [0.1, 0.15) is 29.7 Å². The van der Waals surface area contributed by atoms with Crippen molar-refractivity contribution in [2.24, 2.45) is 0 Å². The second kappa shape index (κ2) is 9.22. The lowest BCUT2D eigenvalue weighted by atomic mass is 10.0. The molecule has 1 aliphatic heterocycles. The number of nitrogens with zero attached hydrogens (tertiary/aromatic N) is 4. The molecule has 6 nitrogen and oxygen atoms in total. The van der Waals surface area contributed by atoms with Gasteiger partial charge in [0.2, 0.25) is 0 Å². The number of nitrogens with one attached hydrogen (secondary N) is 1. The van der Waals surface area contributed by atoms with Gasteiger partial charge in [-0.15, -0.1) is 0 Å². The summed E-state index contributed by atoms with van der Waals surface area (Å²) in [6.07, 6.45) is 3.94. The zero-order chi connectivity index (χ0) is 20.9. The van der Waals surface area contributed by atoms with Crippen molar-refractivity contribution in [3.05, 3.63) is 65.5 Å². The van der Waals surface area contributed by atoms with Gasteiger partial charge < -0.3 is 10.1 Å². The first-order chi connectivity index (χ1) is 14.6. The number of piperidine rings is 1. The van der Waals surface area contributed by atoms with Crippen LogP contribution in [0.2, 0.25) is 0 Å². The van der Waals surface area contributed by atoms with Crippen molar-refractivity contribution >= 4 is 5.82 Å². The Morgan fingerprint density at radius 2 is 1.80 bits per heavy atom. The van der Waals surface area contributed by atoms with Crippen LogP contribution in [0.5, 0.6) is 5.75 Å². The second-order valence-electron chi connectivity index (χ2n) is 7.83. The first kappa shape index (κ1) is 20.3. The number of pyridine rings is 1. The molecule has 0 spiro atoms. The summed E-state index contributed by atoms with van der Waals surface area (Å²) in [4.78, 5) is 16.3. The number of benzene rings is 1. The first-order valence-electron chi connectivity index (χ1n) is 10.5. The molecule has 1 saturated heterocycles. The van der Waals surface area contributed by atoms with Gasteiger partial charge in [0.25, 0.3) is 0 Å². The highest BCUT2D eigenvalue weighted by molar-refractivity contribution is 5.56. The SMILES string of the molecule is COc1ccccc1CN1CCC(Nc2nc(-c3ccccn3)nc(C)c2C)CC1. The predicted octanol–water partition coefficient (Wildman–Crippen LogP) is 4.24. The minimum Gasteiger partial charge on any atom is -0.496 e. The van der Waals surface area contributed by atoms with Gasteiger partial charge in [0.05, 0.1) is 7.11 Å². The van der Waals surface area contributed by atoms with Gasteiger partial charge in [0.15, 0.2) is 5.82 Å². The standard InChI is InChI=1S/C24H29N5O/c1-17-18(2)26-24(21-9-6-7-13-25-21)28-23(17)27-20-11-14-29(15-12-20)16-19-8-4-5-10-22(19)30-3/h4-10,13,20H,11-12,14-16H2,1-3H3,(H,26,27,28). The molecule has 3 heterocycles. The first-order valence-corrected chi connectivity index (χ1v) is 10.5. The van der Waals surface area contributed by atoms with E-state index in [4.69, 9.17) is 9.72 Å². The monoisotopic (exact) mass is 403 g/mol. The number of methoxy groups -OCH3 is 1. The third-order valence-electron chi connectivity index (χ3n) is 5.80. The highest BCUT2D eigenvalue weighted by Crippen LogP contribution is 2.25. The fourth-order valence-corrected chi connectivity index (χ4v) is 3.88. The van der Waals surface area contributed by atoms with Gasteiger partial charge in [-0.2, -0.15) is 0 Å². The number of anilines is 1. The molecule has 0 atom stereocenters. The van der Waals surface area contributed by atoms with Gasteiger partial charge in [-0.25, -0.2) is 9.97 Å². The predicted molar refractivity (Wildman–Crippen MR) is 120 cm³/mol. The highest BCUT2D eigenvalue weighted by atomic mass is 16.5. The van der Waals surface area contributed by atoms with Crippen molar-refractivity contribution in [3.8, 4) is 17.3 Å². The van der Waals surface area contributed by atoms with E-state index >= 15 is 0 Å². The van der Waals surface area contributed by atoms with E-state index in [0.717, 1.165) is 61.0 Å². The van der Waals surface area contributed by atoms with E-state index in [1.54, 1.807) is 13.3 Å². The van der Waals surface area contributed by atoms with Gasteiger partial charge in [-0.1, -0.05) is 24.3 Å². The minimum atomic E-state index is 0.406. The van der Waals surface area contributed by atoms with Crippen LogP contribution in [0.25, 0.3) is 11.5 Å². The molecule has 2 aromatic heterocycles. The Hall–Kier alpha value is -2.99. The van der Waals surface area contributed by atoms with E-state index in [2.05, 4.69) is 39.2 Å². The van der Waals surface area contributed by atoms with Gasteiger partial charge in [-0.05, 0) is 44.9 Å². The van der Waals surface area contributed by atoms with Gasteiger partial charge in [0, 0.05) is 48.7 Å². The van der Waals surface area contributed by atoms with Crippen molar-refractivity contribution in [2.75, 3.05) is 25.5 Å². The van der Waals surface area contributed by atoms with Crippen molar-refractivity contribution in [1.29, 1.82) is 0 Å². The summed E-state index contributed by atoms with van der Waals surface area (Å²) < 4.78 is 5.50. The normalized spacial score (nSPS) is 15.2. The van der Waals surface area contributed by atoms with Gasteiger partial charge in [-0.3, -0.25) is 9.88 Å². The zero-order valence-corrected chi connectivity index (χ0v) is 17.9. The van der Waals surface area contributed by atoms with E-state index in [1.807, 2.05) is 37.3 Å². The summed E-state index contributed by atoms with van der Waals surface area (Å²) in [5.41, 5.74) is 4.14. The molecule has 30 heavy (non-hydrogen) atoms. The number of likely N-dealkylation sites (tertiary alicyclic amines) is 1. The lowest BCUT2D eigenvalue weighted by molar-refractivity contribution is 0.208. The Balaban J connectivity index is 1.41. The van der Waals surface area contributed by atoms with E-state index in [1.165, 1.54) is 5.56 Å². The summed E-state index contributed by atoms with van der Waals surface area (Å²) >= 11 is 0. The quantitative estimate of drug-likeness (QED) is 0.664. The van der Waals surface area contributed by atoms with Crippen molar-refractivity contribution in [3.63, 3.8) is 0 Å². The Bertz CT molecular complexity index is 984. The van der Waals surface area contributed by atoms with E-state index in [-0.39, 0.29) is 0 Å². The Morgan fingerprint density at radius 1 is 1.03 bits per heavy atom.